The molecule has 0 radical (unpaired) electrons. The fraction of sp³-hybridized carbons (Fsp3) is 0.0769. The van der Waals surface area contributed by atoms with Crippen LogP contribution in [0.5, 0.6) is 5.75 Å². The smallest absolute Gasteiger partial charge is 0.374 e. The van der Waals surface area contributed by atoms with Crippen LogP contribution in [0.3, 0.4) is 0 Å². The summed E-state index contributed by atoms with van der Waals surface area (Å²) in [6, 6.07) is 12.7. The average Bonchev–Trinajstić information content (AvgIpc) is 2.40. The molecule has 3 nitrogen and oxygen atoms in total. The number of rotatable bonds is 3. The van der Waals surface area contributed by atoms with Crippen LogP contribution in [0.1, 0.15) is 0 Å². The van der Waals surface area contributed by atoms with E-state index < -0.39 is 21.4 Å². The molecule has 0 heterocycles. The quantitative estimate of drug-likeness (QED) is 0.622. The second-order valence-corrected chi connectivity index (χ2v) is 5.94. The van der Waals surface area contributed by atoms with Gasteiger partial charge in [-0.3, -0.25) is 0 Å². The lowest BCUT2D eigenvalue weighted by Gasteiger charge is -2.11. The molecule has 0 fully saturated rings. The van der Waals surface area contributed by atoms with Gasteiger partial charge in [0.1, 0.15) is 0 Å². The molecule has 0 aromatic heterocycles. The van der Waals surface area contributed by atoms with Gasteiger partial charge in [-0.05, 0) is 23.3 Å². The van der Waals surface area contributed by atoms with Gasteiger partial charge in [0.05, 0.1) is 5.02 Å². The third kappa shape index (κ3) is 3.48. The van der Waals surface area contributed by atoms with Crippen LogP contribution in [-0.4, -0.2) is 13.9 Å². The summed E-state index contributed by atoms with van der Waals surface area (Å²) in [5.41, 5.74) is -4.10. The molecule has 0 spiro atoms. The molecule has 8 heteroatoms. The van der Waals surface area contributed by atoms with Crippen molar-refractivity contribution in [3.05, 3.63) is 53.6 Å². The van der Waals surface area contributed by atoms with Gasteiger partial charge in [0, 0.05) is 0 Å². The SMILES string of the molecule is O=S(=O)(Oc1ccc(-c2ccccc2)cc1Cl)C(F)(F)F. The van der Waals surface area contributed by atoms with Crippen LogP contribution in [0.15, 0.2) is 48.5 Å². The standard InChI is InChI=1S/C13H8ClF3O3S/c14-11-8-10(9-4-2-1-3-5-9)6-7-12(11)20-21(18,19)13(15,16)17/h1-8H. The highest BCUT2D eigenvalue weighted by molar-refractivity contribution is 7.88. The summed E-state index contributed by atoms with van der Waals surface area (Å²) in [5, 5.41) is -0.232. The molecule has 2 aromatic rings. The van der Waals surface area contributed by atoms with E-state index in [1.165, 1.54) is 12.1 Å². The first-order chi connectivity index (χ1) is 9.71. The van der Waals surface area contributed by atoms with Gasteiger partial charge >= 0.3 is 15.6 Å². The molecule has 2 aromatic carbocycles. The van der Waals surface area contributed by atoms with Gasteiger partial charge in [0.25, 0.3) is 0 Å². The number of halogens is 4. The van der Waals surface area contributed by atoms with Gasteiger partial charge in [-0.1, -0.05) is 48.0 Å². The second kappa shape index (κ2) is 5.57. The Labute approximate surface area is 124 Å². The lowest BCUT2D eigenvalue weighted by atomic mass is 10.1. The molecule has 0 aliphatic rings. The van der Waals surface area contributed by atoms with Crippen LogP contribution < -0.4 is 4.18 Å². The first-order valence-corrected chi connectivity index (χ1v) is 7.35. The predicted octanol–water partition coefficient (Wildman–Crippen LogP) is 4.24. The number of alkyl halides is 3. The first kappa shape index (κ1) is 15.7. The Balaban J connectivity index is 2.34. The summed E-state index contributed by atoms with van der Waals surface area (Å²) >= 11 is 5.78. The van der Waals surface area contributed by atoms with E-state index in [4.69, 9.17) is 11.6 Å². The third-order valence-electron chi connectivity index (χ3n) is 2.52. The summed E-state index contributed by atoms with van der Waals surface area (Å²) in [6.07, 6.45) is 0. The lowest BCUT2D eigenvalue weighted by Crippen LogP contribution is -2.28. The van der Waals surface area contributed by atoms with Gasteiger partial charge in [-0.25, -0.2) is 0 Å². The maximum atomic E-state index is 12.2. The summed E-state index contributed by atoms with van der Waals surface area (Å²) in [5.74, 6) is -0.575. The van der Waals surface area contributed by atoms with Gasteiger partial charge in [-0.2, -0.15) is 21.6 Å². The predicted molar refractivity (Wildman–Crippen MR) is 72.5 cm³/mol. The maximum Gasteiger partial charge on any atom is 0.534 e. The molecule has 0 N–H and O–H groups in total. The minimum Gasteiger partial charge on any atom is -0.374 e. The van der Waals surface area contributed by atoms with Crippen LogP contribution in [0.2, 0.25) is 5.02 Å². The van der Waals surface area contributed by atoms with E-state index in [0.717, 1.165) is 11.6 Å². The molecule has 0 aliphatic carbocycles. The van der Waals surface area contributed by atoms with E-state index in [1.807, 2.05) is 0 Å². The van der Waals surface area contributed by atoms with E-state index in [-0.39, 0.29) is 5.02 Å². The molecule has 0 atom stereocenters. The van der Waals surface area contributed by atoms with Crippen molar-refractivity contribution in [1.82, 2.24) is 0 Å². The van der Waals surface area contributed by atoms with E-state index in [0.29, 0.717) is 5.56 Å². The molecule has 0 saturated heterocycles. The van der Waals surface area contributed by atoms with Crippen LogP contribution >= 0.6 is 11.6 Å². The molecular formula is C13H8ClF3O3S. The summed E-state index contributed by atoms with van der Waals surface area (Å²) in [4.78, 5) is 0. The molecular weight excluding hydrogens is 329 g/mol. The lowest BCUT2D eigenvalue weighted by molar-refractivity contribution is -0.0500. The van der Waals surface area contributed by atoms with Gasteiger partial charge in [-0.15, -0.1) is 0 Å². The zero-order valence-electron chi connectivity index (χ0n) is 10.3. The zero-order chi connectivity index (χ0) is 15.7. The highest BCUT2D eigenvalue weighted by Crippen LogP contribution is 2.34. The van der Waals surface area contributed by atoms with E-state index >= 15 is 0 Å². The molecule has 0 aliphatic heterocycles. The summed E-state index contributed by atoms with van der Waals surface area (Å²) in [6.45, 7) is 0. The van der Waals surface area contributed by atoms with Crippen molar-refractivity contribution in [3.63, 3.8) is 0 Å². The van der Waals surface area contributed by atoms with Crippen LogP contribution in [0.25, 0.3) is 11.1 Å². The Morgan fingerprint density at radius 2 is 1.57 bits per heavy atom. The summed E-state index contributed by atoms with van der Waals surface area (Å²) in [7, 11) is -5.74. The largest absolute Gasteiger partial charge is 0.534 e. The van der Waals surface area contributed by atoms with Crippen molar-refractivity contribution in [1.29, 1.82) is 0 Å². The van der Waals surface area contributed by atoms with Crippen molar-refractivity contribution in [2.75, 3.05) is 0 Å². The van der Waals surface area contributed by atoms with Crippen LogP contribution in [0, 0.1) is 0 Å². The first-order valence-electron chi connectivity index (χ1n) is 5.56. The Bertz CT molecular complexity index is 743. The highest BCUT2D eigenvalue weighted by atomic mass is 35.5. The van der Waals surface area contributed by atoms with Crippen molar-refractivity contribution >= 4 is 21.7 Å². The van der Waals surface area contributed by atoms with Crippen molar-refractivity contribution < 1.29 is 25.8 Å². The minimum atomic E-state index is -5.74. The molecule has 2 rings (SSSR count). The third-order valence-corrected chi connectivity index (χ3v) is 3.78. The van der Waals surface area contributed by atoms with Crippen molar-refractivity contribution in [2.24, 2.45) is 0 Å². The van der Waals surface area contributed by atoms with Crippen molar-refractivity contribution in [2.45, 2.75) is 5.51 Å². The van der Waals surface area contributed by atoms with Crippen LogP contribution in [-0.2, 0) is 10.1 Å². The number of hydrogen-bond acceptors (Lipinski definition) is 3. The Kier molecular flexibility index (Phi) is 4.15. The normalized spacial score (nSPS) is 12.2. The Morgan fingerprint density at radius 1 is 0.952 bits per heavy atom. The molecule has 21 heavy (non-hydrogen) atoms. The minimum absolute atomic E-state index is 0.232. The second-order valence-electron chi connectivity index (χ2n) is 3.99. The Hall–Kier alpha value is -1.73. The Morgan fingerprint density at radius 3 is 2.10 bits per heavy atom. The maximum absolute atomic E-state index is 12.2. The topological polar surface area (TPSA) is 43.4 Å². The highest BCUT2D eigenvalue weighted by Gasteiger charge is 2.48. The monoisotopic (exact) mass is 336 g/mol. The molecule has 112 valence electrons. The molecule has 0 unspecified atom stereocenters. The van der Waals surface area contributed by atoms with Gasteiger partial charge in [0.15, 0.2) is 5.75 Å². The molecule has 0 bridgehead atoms. The van der Waals surface area contributed by atoms with E-state index in [2.05, 4.69) is 4.18 Å². The molecule has 0 amide bonds. The molecule has 0 saturated carbocycles. The van der Waals surface area contributed by atoms with Gasteiger partial charge in [0.2, 0.25) is 0 Å². The average molecular weight is 337 g/mol. The van der Waals surface area contributed by atoms with E-state index in [1.54, 1.807) is 30.3 Å². The van der Waals surface area contributed by atoms with Crippen molar-refractivity contribution in [3.8, 4) is 16.9 Å². The summed E-state index contributed by atoms with van der Waals surface area (Å²) < 4.78 is 62.6. The number of benzene rings is 2. The number of hydrogen-bond donors (Lipinski definition) is 0. The fourth-order valence-electron chi connectivity index (χ4n) is 1.54. The fourth-order valence-corrected chi connectivity index (χ4v) is 2.29. The van der Waals surface area contributed by atoms with Gasteiger partial charge < -0.3 is 4.18 Å². The van der Waals surface area contributed by atoms with E-state index in [9.17, 15) is 21.6 Å². The van der Waals surface area contributed by atoms with Crippen LogP contribution in [0.4, 0.5) is 13.2 Å². The zero-order valence-corrected chi connectivity index (χ0v) is 11.8.